The van der Waals surface area contributed by atoms with Crippen molar-refractivity contribution in [3.63, 3.8) is 0 Å². The van der Waals surface area contributed by atoms with Gasteiger partial charge in [0.2, 0.25) is 11.8 Å². The molecule has 10 heteroatoms. The number of allylic oxidation sites excluding steroid dienone is 1. The van der Waals surface area contributed by atoms with Gasteiger partial charge in [-0.15, -0.1) is 0 Å². The van der Waals surface area contributed by atoms with E-state index in [1.165, 1.54) is 11.9 Å². The van der Waals surface area contributed by atoms with Crippen molar-refractivity contribution >= 4 is 29.4 Å². The standard InChI is InChI=1S/C22H26N4O6/c1-14(28)12-16(13-27)23-21(31)18-8-5-11-25-19(29)10-9-17(22(32)26(18)25)24-20(30)15-6-3-2-4-7-15/h2-4,6-7,13,17-18,27H,5,8-12H2,1H3,(H,23,31)(H,24,30)/t17-,18-/m0/s1. The molecule has 1 aromatic rings. The van der Waals surface area contributed by atoms with E-state index in [9.17, 15) is 29.1 Å². The van der Waals surface area contributed by atoms with Gasteiger partial charge in [-0.2, -0.15) is 0 Å². The zero-order chi connectivity index (χ0) is 23.3. The maximum absolute atomic E-state index is 13.4. The normalized spacial score (nSPS) is 21.5. The SMILES string of the molecule is CC(=O)CC(=CO)NC(=O)[C@@H]1CCCN2C(=O)CC[C@H](NC(=O)c3ccccc3)C(=O)N12. The maximum Gasteiger partial charge on any atom is 0.264 e. The molecule has 2 saturated heterocycles. The van der Waals surface area contributed by atoms with E-state index in [-0.39, 0.29) is 43.2 Å². The van der Waals surface area contributed by atoms with E-state index < -0.39 is 29.8 Å². The van der Waals surface area contributed by atoms with Crippen molar-refractivity contribution < 1.29 is 29.1 Å². The zero-order valence-electron chi connectivity index (χ0n) is 17.7. The lowest BCUT2D eigenvalue weighted by molar-refractivity contribution is -0.175. The Morgan fingerprint density at radius 3 is 2.53 bits per heavy atom. The average Bonchev–Trinajstić information content (AvgIpc) is 2.90. The number of nitrogens with zero attached hydrogens (tertiary/aromatic N) is 2. The molecular formula is C22H26N4O6. The van der Waals surface area contributed by atoms with Gasteiger partial charge in [-0.1, -0.05) is 18.2 Å². The lowest BCUT2D eigenvalue weighted by Gasteiger charge is -2.43. The van der Waals surface area contributed by atoms with E-state index in [0.29, 0.717) is 24.7 Å². The molecule has 0 aromatic heterocycles. The minimum absolute atomic E-state index is 0.00199. The van der Waals surface area contributed by atoms with Crippen LogP contribution in [0.15, 0.2) is 42.3 Å². The van der Waals surface area contributed by atoms with Gasteiger partial charge in [0.05, 0.1) is 12.0 Å². The number of hydrogen-bond donors (Lipinski definition) is 3. The number of hydrogen-bond acceptors (Lipinski definition) is 6. The number of fused-ring (bicyclic) bond motifs is 1. The summed E-state index contributed by atoms with van der Waals surface area (Å²) in [5.74, 6) is -2.20. The van der Waals surface area contributed by atoms with Crippen LogP contribution < -0.4 is 10.6 Å². The molecule has 2 aliphatic rings. The summed E-state index contributed by atoms with van der Waals surface area (Å²) in [6.45, 7) is 1.60. The molecule has 4 amide bonds. The van der Waals surface area contributed by atoms with Crippen molar-refractivity contribution in [2.24, 2.45) is 0 Å². The van der Waals surface area contributed by atoms with Crippen LogP contribution in [0.4, 0.5) is 0 Å². The Labute approximate surface area is 185 Å². The largest absolute Gasteiger partial charge is 0.514 e. The fourth-order valence-electron chi connectivity index (χ4n) is 3.87. The van der Waals surface area contributed by atoms with E-state index in [2.05, 4.69) is 10.6 Å². The van der Waals surface area contributed by atoms with Crippen LogP contribution in [0.3, 0.4) is 0 Å². The number of Topliss-reactive ketones (excluding diaryl/α,β-unsaturated/α-hetero) is 1. The monoisotopic (exact) mass is 442 g/mol. The van der Waals surface area contributed by atoms with Gasteiger partial charge < -0.3 is 15.7 Å². The van der Waals surface area contributed by atoms with Crippen LogP contribution in [-0.2, 0) is 19.2 Å². The number of carbonyl (C=O) groups excluding carboxylic acids is 5. The second kappa shape index (κ2) is 10.1. The van der Waals surface area contributed by atoms with E-state index in [0.717, 1.165) is 5.01 Å². The highest BCUT2D eigenvalue weighted by Gasteiger charge is 2.44. The first-order valence-corrected chi connectivity index (χ1v) is 10.4. The molecule has 0 spiro atoms. The number of rotatable bonds is 6. The van der Waals surface area contributed by atoms with Crippen molar-refractivity contribution in [3.8, 4) is 0 Å². The fraction of sp³-hybridized carbons (Fsp3) is 0.409. The molecule has 32 heavy (non-hydrogen) atoms. The molecule has 3 rings (SSSR count). The topological polar surface area (TPSA) is 136 Å². The minimum atomic E-state index is -1.02. The third kappa shape index (κ3) is 5.13. The predicted octanol–water partition coefficient (Wildman–Crippen LogP) is 0.808. The van der Waals surface area contributed by atoms with Crippen molar-refractivity contribution in [2.75, 3.05) is 6.54 Å². The summed E-state index contributed by atoms with van der Waals surface area (Å²) >= 11 is 0. The molecule has 2 heterocycles. The van der Waals surface area contributed by atoms with Crippen LogP contribution >= 0.6 is 0 Å². The molecule has 2 fully saturated rings. The second-order valence-electron chi connectivity index (χ2n) is 7.81. The molecule has 170 valence electrons. The van der Waals surface area contributed by atoms with Gasteiger partial charge >= 0.3 is 0 Å². The molecule has 0 radical (unpaired) electrons. The lowest BCUT2D eigenvalue weighted by Crippen LogP contribution is -2.63. The second-order valence-corrected chi connectivity index (χ2v) is 7.81. The Morgan fingerprint density at radius 2 is 1.88 bits per heavy atom. The summed E-state index contributed by atoms with van der Waals surface area (Å²) in [4.78, 5) is 62.9. The molecule has 0 unspecified atom stereocenters. The number of nitrogens with one attached hydrogen (secondary N) is 2. The molecule has 2 atom stereocenters. The smallest absolute Gasteiger partial charge is 0.264 e. The Balaban J connectivity index is 1.81. The molecule has 10 nitrogen and oxygen atoms in total. The van der Waals surface area contributed by atoms with Crippen LogP contribution in [0.1, 0.15) is 49.4 Å². The molecular weight excluding hydrogens is 416 g/mol. The Morgan fingerprint density at radius 1 is 1.16 bits per heavy atom. The van der Waals surface area contributed by atoms with Crippen LogP contribution in [0.25, 0.3) is 0 Å². The summed E-state index contributed by atoms with van der Waals surface area (Å²) in [5, 5.41) is 16.9. The van der Waals surface area contributed by atoms with Gasteiger partial charge in [0.15, 0.2) is 0 Å². The molecule has 0 aliphatic carbocycles. The maximum atomic E-state index is 13.4. The predicted molar refractivity (Wildman–Crippen MR) is 113 cm³/mol. The Bertz CT molecular complexity index is 945. The van der Waals surface area contributed by atoms with E-state index in [1.807, 2.05) is 0 Å². The van der Waals surface area contributed by atoms with E-state index in [4.69, 9.17) is 0 Å². The Kier molecular flexibility index (Phi) is 7.24. The van der Waals surface area contributed by atoms with Gasteiger partial charge in [0, 0.05) is 24.9 Å². The summed E-state index contributed by atoms with van der Waals surface area (Å²) in [7, 11) is 0. The van der Waals surface area contributed by atoms with Crippen molar-refractivity contribution in [1.82, 2.24) is 20.7 Å². The minimum Gasteiger partial charge on any atom is -0.514 e. The molecule has 3 N–H and O–H groups in total. The first-order chi connectivity index (χ1) is 15.3. The van der Waals surface area contributed by atoms with Crippen LogP contribution in [0.2, 0.25) is 0 Å². The number of aliphatic hydroxyl groups excluding tert-OH is 1. The van der Waals surface area contributed by atoms with Gasteiger partial charge in [-0.3, -0.25) is 29.0 Å². The van der Waals surface area contributed by atoms with Gasteiger partial charge in [-0.05, 0) is 38.3 Å². The average molecular weight is 442 g/mol. The van der Waals surface area contributed by atoms with Crippen LogP contribution in [0.5, 0.6) is 0 Å². The third-order valence-electron chi connectivity index (χ3n) is 5.38. The van der Waals surface area contributed by atoms with Crippen molar-refractivity contribution in [1.29, 1.82) is 0 Å². The summed E-state index contributed by atoms with van der Waals surface area (Å²) in [5.41, 5.74) is 0.379. The third-order valence-corrected chi connectivity index (χ3v) is 5.38. The number of benzene rings is 1. The molecule has 1 aromatic carbocycles. The lowest BCUT2D eigenvalue weighted by atomic mass is 10.1. The summed E-state index contributed by atoms with van der Waals surface area (Å²) in [6, 6.07) is 6.40. The first-order valence-electron chi connectivity index (χ1n) is 10.4. The molecule has 0 bridgehead atoms. The summed E-state index contributed by atoms with van der Waals surface area (Å²) in [6.07, 6.45) is 1.41. The zero-order valence-corrected chi connectivity index (χ0v) is 17.7. The molecule has 0 saturated carbocycles. The highest BCUT2D eigenvalue weighted by atomic mass is 16.2. The summed E-state index contributed by atoms with van der Waals surface area (Å²) < 4.78 is 0. The van der Waals surface area contributed by atoms with Gasteiger partial charge in [0.25, 0.3) is 11.8 Å². The van der Waals surface area contributed by atoms with Crippen LogP contribution in [-0.4, -0.2) is 63.2 Å². The quantitative estimate of drug-likeness (QED) is 0.558. The first kappa shape index (κ1) is 23.0. The Hall–Kier alpha value is -3.69. The van der Waals surface area contributed by atoms with E-state index >= 15 is 0 Å². The number of hydrazine groups is 1. The highest BCUT2D eigenvalue weighted by molar-refractivity contribution is 5.99. The number of carbonyl (C=O) groups is 5. The van der Waals surface area contributed by atoms with Gasteiger partial charge in [-0.25, -0.2) is 5.01 Å². The van der Waals surface area contributed by atoms with Crippen LogP contribution in [0, 0.1) is 0 Å². The number of amides is 4. The van der Waals surface area contributed by atoms with Crippen molar-refractivity contribution in [2.45, 2.75) is 51.1 Å². The van der Waals surface area contributed by atoms with E-state index in [1.54, 1.807) is 30.3 Å². The van der Waals surface area contributed by atoms with Crippen molar-refractivity contribution in [3.05, 3.63) is 47.9 Å². The number of aliphatic hydroxyl groups is 1. The highest BCUT2D eigenvalue weighted by Crippen LogP contribution is 2.25. The van der Waals surface area contributed by atoms with Gasteiger partial charge in [0.1, 0.15) is 17.9 Å². The fourth-order valence-corrected chi connectivity index (χ4v) is 3.87. The molecule has 2 aliphatic heterocycles. The number of ketones is 1.